The van der Waals surface area contributed by atoms with E-state index < -0.39 is 0 Å². The highest BCUT2D eigenvalue weighted by molar-refractivity contribution is 4.88. The second kappa shape index (κ2) is 9.22. The molecule has 14 heavy (non-hydrogen) atoms. The molecule has 2 nitrogen and oxygen atoms in total. The molecule has 0 aliphatic heterocycles. The fourth-order valence-corrected chi connectivity index (χ4v) is 1.41. The Morgan fingerprint density at radius 3 is 2.43 bits per heavy atom. The monoisotopic (exact) mass is 198 g/mol. The second-order valence-corrected chi connectivity index (χ2v) is 3.89. The third kappa shape index (κ3) is 8.27. The summed E-state index contributed by atoms with van der Waals surface area (Å²) >= 11 is 0. The van der Waals surface area contributed by atoms with Crippen LogP contribution in [0.5, 0.6) is 0 Å². The maximum absolute atomic E-state index is 3.88. The van der Waals surface area contributed by atoms with E-state index in [-0.39, 0.29) is 0 Å². The van der Waals surface area contributed by atoms with Crippen LogP contribution in [-0.2, 0) is 0 Å². The Balaban J connectivity index is 3.28. The quantitative estimate of drug-likeness (QED) is 0.452. The molecule has 0 aromatic heterocycles. The first-order chi connectivity index (χ1) is 6.70. The SMILES string of the molecule is C=C(C)CCNCCN(CC)CCC. The molecule has 0 unspecified atom stereocenters. The van der Waals surface area contributed by atoms with Crippen LogP contribution >= 0.6 is 0 Å². The molecule has 84 valence electrons. The van der Waals surface area contributed by atoms with E-state index in [9.17, 15) is 0 Å². The predicted molar refractivity (Wildman–Crippen MR) is 64.7 cm³/mol. The number of nitrogens with one attached hydrogen (secondary N) is 1. The Morgan fingerprint density at radius 1 is 1.21 bits per heavy atom. The van der Waals surface area contributed by atoms with Crippen LogP contribution in [0.25, 0.3) is 0 Å². The zero-order chi connectivity index (χ0) is 10.8. The zero-order valence-electron chi connectivity index (χ0n) is 10.1. The summed E-state index contributed by atoms with van der Waals surface area (Å²) in [5.74, 6) is 0. The largest absolute Gasteiger partial charge is 0.315 e. The Morgan fingerprint density at radius 2 is 1.93 bits per heavy atom. The van der Waals surface area contributed by atoms with Gasteiger partial charge >= 0.3 is 0 Å². The molecule has 0 rings (SSSR count). The second-order valence-electron chi connectivity index (χ2n) is 3.89. The van der Waals surface area contributed by atoms with Crippen LogP contribution in [0, 0.1) is 0 Å². The topological polar surface area (TPSA) is 15.3 Å². The van der Waals surface area contributed by atoms with Gasteiger partial charge in [0.2, 0.25) is 0 Å². The Kier molecular flexibility index (Phi) is 9.00. The van der Waals surface area contributed by atoms with E-state index in [2.05, 4.69) is 37.6 Å². The highest BCUT2D eigenvalue weighted by Crippen LogP contribution is 1.92. The van der Waals surface area contributed by atoms with E-state index in [4.69, 9.17) is 0 Å². The third-order valence-electron chi connectivity index (χ3n) is 2.32. The maximum Gasteiger partial charge on any atom is 0.0107 e. The number of hydrogen-bond donors (Lipinski definition) is 1. The van der Waals surface area contributed by atoms with Crippen LogP contribution in [0.4, 0.5) is 0 Å². The van der Waals surface area contributed by atoms with Crippen molar-refractivity contribution in [2.75, 3.05) is 32.7 Å². The Labute approximate surface area is 89.4 Å². The number of hydrogen-bond acceptors (Lipinski definition) is 2. The summed E-state index contributed by atoms with van der Waals surface area (Å²) in [5.41, 5.74) is 1.26. The van der Waals surface area contributed by atoms with Crippen molar-refractivity contribution in [1.29, 1.82) is 0 Å². The van der Waals surface area contributed by atoms with Gasteiger partial charge in [0.1, 0.15) is 0 Å². The van der Waals surface area contributed by atoms with Crippen LogP contribution in [0.3, 0.4) is 0 Å². The normalized spacial score (nSPS) is 10.9. The van der Waals surface area contributed by atoms with E-state index in [1.807, 2.05) is 0 Å². The molecular formula is C12H26N2. The van der Waals surface area contributed by atoms with E-state index in [1.54, 1.807) is 0 Å². The van der Waals surface area contributed by atoms with Crippen molar-refractivity contribution in [3.05, 3.63) is 12.2 Å². The molecule has 0 bridgehead atoms. The molecule has 0 amide bonds. The standard InChI is InChI=1S/C12H26N2/c1-5-10-14(6-2)11-9-13-8-7-12(3)4/h13H,3,5-11H2,1-2,4H3. The summed E-state index contributed by atoms with van der Waals surface area (Å²) in [5, 5.41) is 3.44. The van der Waals surface area contributed by atoms with Gasteiger partial charge in [0.25, 0.3) is 0 Å². The summed E-state index contributed by atoms with van der Waals surface area (Å²) in [6.07, 6.45) is 2.35. The van der Waals surface area contributed by atoms with Crippen LogP contribution in [0.1, 0.15) is 33.6 Å². The lowest BCUT2D eigenvalue weighted by Crippen LogP contribution is -2.33. The first-order valence-electron chi connectivity index (χ1n) is 5.78. The van der Waals surface area contributed by atoms with Crippen LogP contribution < -0.4 is 5.32 Å². The highest BCUT2D eigenvalue weighted by Gasteiger charge is 1.98. The lowest BCUT2D eigenvalue weighted by Gasteiger charge is -2.19. The summed E-state index contributed by atoms with van der Waals surface area (Å²) in [6, 6.07) is 0. The van der Waals surface area contributed by atoms with E-state index >= 15 is 0 Å². The first kappa shape index (κ1) is 13.7. The minimum Gasteiger partial charge on any atom is -0.315 e. The molecule has 0 aromatic carbocycles. The van der Waals surface area contributed by atoms with E-state index in [0.29, 0.717) is 0 Å². The molecule has 0 heterocycles. The predicted octanol–water partition coefficient (Wildman–Crippen LogP) is 2.27. The molecule has 0 saturated heterocycles. The molecule has 2 heteroatoms. The van der Waals surface area contributed by atoms with Crippen molar-refractivity contribution < 1.29 is 0 Å². The molecular weight excluding hydrogens is 172 g/mol. The molecule has 0 radical (unpaired) electrons. The minimum absolute atomic E-state index is 1.07. The van der Waals surface area contributed by atoms with Gasteiger partial charge in [-0.15, -0.1) is 6.58 Å². The fraction of sp³-hybridized carbons (Fsp3) is 0.833. The van der Waals surface area contributed by atoms with Crippen molar-refractivity contribution in [3.8, 4) is 0 Å². The lowest BCUT2D eigenvalue weighted by molar-refractivity contribution is 0.288. The van der Waals surface area contributed by atoms with Gasteiger partial charge < -0.3 is 10.2 Å². The van der Waals surface area contributed by atoms with E-state index in [1.165, 1.54) is 25.1 Å². The minimum atomic E-state index is 1.07. The van der Waals surface area contributed by atoms with Crippen LogP contribution in [0.2, 0.25) is 0 Å². The molecule has 0 spiro atoms. The average molecular weight is 198 g/mol. The molecule has 0 fully saturated rings. The molecule has 0 atom stereocenters. The number of rotatable bonds is 9. The van der Waals surface area contributed by atoms with Gasteiger partial charge in [-0.05, 0) is 39.4 Å². The molecule has 1 N–H and O–H groups in total. The molecule has 0 saturated carbocycles. The number of likely N-dealkylation sites (N-methyl/N-ethyl adjacent to an activating group) is 1. The summed E-state index contributed by atoms with van der Waals surface area (Å²) in [6.45, 7) is 16.1. The van der Waals surface area contributed by atoms with Crippen LogP contribution in [-0.4, -0.2) is 37.6 Å². The van der Waals surface area contributed by atoms with Crippen molar-refractivity contribution in [1.82, 2.24) is 10.2 Å². The summed E-state index contributed by atoms with van der Waals surface area (Å²) in [7, 11) is 0. The van der Waals surface area contributed by atoms with Crippen molar-refractivity contribution >= 4 is 0 Å². The van der Waals surface area contributed by atoms with Gasteiger partial charge in [-0.1, -0.05) is 19.4 Å². The van der Waals surface area contributed by atoms with Gasteiger partial charge in [0.15, 0.2) is 0 Å². The molecule has 0 aliphatic carbocycles. The van der Waals surface area contributed by atoms with Crippen molar-refractivity contribution in [2.24, 2.45) is 0 Å². The van der Waals surface area contributed by atoms with Crippen LogP contribution in [0.15, 0.2) is 12.2 Å². The zero-order valence-corrected chi connectivity index (χ0v) is 10.1. The molecule has 0 aromatic rings. The maximum atomic E-state index is 3.88. The summed E-state index contributed by atoms with van der Waals surface area (Å²) < 4.78 is 0. The molecule has 0 aliphatic rings. The van der Waals surface area contributed by atoms with Crippen molar-refractivity contribution in [3.63, 3.8) is 0 Å². The number of nitrogens with zero attached hydrogens (tertiary/aromatic N) is 1. The fourth-order valence-electron chi connectivity index (χ4n) is 1.41. The van der Waals surface area contributed by atoms with Gasteiger partial charge in [-0.3, -0.25) is 0 Å². The lowest BCUT2D eigenvalue weighted by atomic mass is 10.2. The van der Waals surface area contributed by atoms with Gasteiger partial charge in [0, 0.05) is 13.1 Å². The average Bonchev–Trinajstić information content (AvgIpc) is 2.15. The van der Waals surface area contributed by atoms with Crippen molar-refractivity contribution in [2.45, 2.75) is 33.6 Å². The first-order valence-corrected chi connectivity index (χ1v) is 5.78. The van der Waals surface area contributed by atoms with Gasteiger partial charge in [-0.2, -0.15) is 0 Å². The Hall–Kier alpha value is -0.340. The van der Waals surface area contributed by atoms with E-state index in [0.717, 1.165) is 26.1 Å². The Bertz CT molecular complexity index is 143. The summed E-state index contributed by atoms with van der Waals surface area (Å²) in [4.78, 5) is 2.48. The third-order valence-corrected chi connectivity index (χ3v) is 2.32. The highest BCUT2D eigenvalue weighted by atomic mass is 15.1. The smallest absolute Gasteiger partial charge is 0.0107 e. The van der Waals surface area contributed by atoms with Gasteiger partial charge in [0.05, 0.1) is 0 Å². The van der Waals surface area contributed by atoms with Gasteiger partial charge in [-0.25, -0.2) is 0 Å².